The van der Waals surface area contributed by atoms with E-state index in [0.717, 1.165) is 34.8 Å². The molecule has 0 atom stereocenters. The van der Waals surface area contributed by atoms with Crippen molar-refractivity contribution in [2.24, 2.45) is 0 Å². The number of halogens is 1. The highest BCUT2D eigenvalue weighted by molar-refractivity contribution is 6.30. The lowest BCUT2D eigenvalue weighted by molar-refractivity contribution is 0.902. The van der Waals surface area contributed by atoms with E-state index < -0.39 is 0 Å². The molecule has 104 valence electrons. The number of benzene rings is 2. The van der Waals surface area contributed by atoms with Gasteiger partial charge in [0.2, 0.25) is 0 Å². The third kappa shape index (κ3) is 3.67. The first-order chi connectivity index (χ1) is 10.3. The largest absolute Gasteiger partial charge is 0.241 e. The third-order valence-corrected chi connectivity index (χ3v) is 3.63. The average Bonchev–Trinajstić information content (AvgIpc) is 2.55. The molecule has 1 aromatic heterocycles. The zero-order valence-corrected chi connectivity index (χ0v) is 12.3. The van der Waals surface area contributed by atoms with Crippen LogP contribution in [0, 0.1) is 0 Å². The van der Waals surface area contributed by atoms with Gasteiger partial charge in [-0.3, -0.25) is 0 Å². The van der Waals surface area contributed by atoms with E-state index in [4.69, 9.17) is 11.6 Å². The number of hydrogen-bond donors (Lipinski definition) is 0. The van der Waals surface area contributed by atoms with Crippen LogP contribution in [0.5, 0.6) is 0 Å². The summed E-state index contributed by atoms with van der Waals surface area (Å²) in [6.07, 6.45) is 3.48. The van der Waals surface area contributed by atoms with Crippen LogP contribution in [-0.2, 0) is 12.8 Å². The van der Waals surface area contributed by atoms with E-state index >= 15 is 0 Å². The molecule has 0 spiro atoms. The van der Waals surface area contributed by atoms with Gasteiger partial charge >= 0.3 is 0 Å². The molecule has 3 heteroatoms. The smallest absolute Gasteiger partial charge is 0.116 e. The summed E-state index contributed by atoms with van der Waals surface area (Å²) in [6.45, 7) is 0. The van der Waals surface area contributed by atoms with E-state index in [1.165, 1.54) is 5.56 Å². The number of aromatic nitrogens is 2. The summed E-state index contributed by atoms with van der Waals surface area (Å²) in [5.41, 5.74) is 4.41. The van der Waals surface area contributed by atoms with Crippen molar-refractivity contribution in [3.05, 3.63) is 83.3 Å². The predicted molar refractivity (Wildman–Crippen MR) is 86.3 cm³/mol. The van der Waals surface area contributed by atoms with Gasteiger partial charge in [-0.1, -0.05) is 54.1 Å². The van der Waals surface area contributed by atoms with Crippen molar-refractivity contribution >= 4 is 11.6 Å². The first kappa shape index (κ1) is 13.8. The van der Waals surface area contributed by atoms with Gasteiger partial charge in [0.25, 0.3) is 0 Å². The Bertz CT molecular complexity index is 709. The summed E-state index contributed by atoms with van der Waals surface area (Å²) in [5, 5.41) is 0.771. The molecular formula is C18H15ClN2. The molecule has 0 aliphatic carbocycles. The molecule has 0 aliphatic rings. The molecule has 21 heavy (non-hydrogen) atoms. The van der Waals surface area contributed by atoms with E-state index in [2.05, 4.69) is 40.3 Å². The molecule has 0 saturated heterocycles. The minimum Gasteiger partial charge on any atom is -0.241 e. The van der Waals surface area contributed by atoms with Crippen LogP contribution < -0.4 is 0 Å². The second kappa shape index (κ2) is 6.51. The molecular weight excluding hydrogens is 280 g/mol. The van der Waals surface area contributed by atoms with Crippen molar-refractivity contribution in [3.8, 4) is 11.3 Å². The van der Waals surface area contributed by atoms with Gasteiger partial charge in [0, 0.05) is 16.3 Å². The minimum atomic E-state index is 0.771. The van der Waals surface area contributed by atoms with Gasteiger partial charge in [-0.2, -0.15) is 0 Å². The topological polar surface area (TPSA) is 25.8 Å². The van der Waals surface area contributed by atoms with Crippen molar-refractivity contribution in [2.45, 2.75) is 12.8 Å². The maximum Gasteiger partial charge on any atom is 0.116 e. The van der Waals surface area contributed by atoms with E-state index in [9.17, 15) is 0 Å². The first-order valence-corrected chi connectivity index (χ1v) is 7.30. The summed E-state index contributed by atoms with van der Waals surface area (Å²) in [4.78, 5) is 8.71. The quantitative estimate of drug-likeness (QED) is 0.704. The summed E-state index contributed by atoms with van der Waals surface area (Å²) >= 11 is 5.90. The molecule has 0 N–H and O–H groups in total. The van der Waals surface area contributed by atoms with Gasteiger partial charge in [-0.15, -0.1) is 0 Å². The average molecular weight is 295 g/mol. The Kier molecular flexibility index (Phi) is 4.27. The third-order valence-electron chi connectivity index (χ3n) is 3.38. The van der Waals surface area contributed by atoms with Crippen LogP contribution in [-0.4, -0.2) is 9.97 Å². The molecule has 3 aromatic rings. The van der Waals surface area contributed by atoms with Crippen molar-refractivity contribution in [2.75, 3.05) is 0 Å². The molecule has 0 unspecified atom stereocenters. The van der Waals surface area contributed by atoms with Gasteiger partial charge in [0.05, 0.1) is 5.69 Å². The zero-order chi connectivity index (χ0) is 14.5. The van der Waals surface area contributed by atoms with Gasteiger partial charge < -0.3 is 0 Å². The molecule has 2 aromatic carbocycles. The highest BCUT2D eigenvalue weighted by atomic mass is 35.5. The van der Waals surface area contributed by atoms with Gasteiger partial charge in [0.1, 0.15) is 6.33 Å². The fourth-order valence-corrected chi connectivity index (χ4v) is 2.35. The van der Waals surface area contributed by atoms with E-state index in [1.807, 2.05) is 30.3 Å². The standard InChI is InChI=1S/C18H15ClN2/c19-16-9-6-14(7-10-16)8-11-17-12-18(21-13-20-17)15-4-2-1-3-5-15/h1-7,9-10,12-13H,8,11H2. The van der Waals surface area contributed by atoms with Crippen molar-refractivity contribution < 1.29 is 0 Å². The van der Waals surface area contributed by atoms with Crippen LogP contribution in [0.1, 0.15) is 11.3 Å². The molecule has 0 amide bonds. The van der Waals surface area contributed by atoms with Crippen LogP contribution in [0.15, 0.2) is 67.0 Å². The highest BCUT2D eigenvalue weighted by Crippen LogP contribution is 2.17. The van der Waals surface area contributed by atoms with Crippen LogP contribution in [0.3, 0.4) is 0 Å². The lowest BCUT2D eigenvalue weighted by atomic mass is 10.1. The summed E-state index contributed by atoms with van der Waals surface area (Å²) < 4.78 is 0. The normalized spacial score (nSPS) is 10.5. The summed E-state index contributed by atoms with van der Waals surface area (Å²) in [6, 6.07) is 20.2. The number of nitrogens with zero attached hydrogens (tertiary/aromatic N) is 2. The maximum atomic E-state index is 5.90. The Labute approximate surface area is 129 Å². The second-order valence-electron chi connectivity index (χ2n) is 4.89. The summed E-state index contributed by atoms with van der Waals surface area (Å²) in [5.74, 6) is 0. The van der Waals surface area contributed by atoms with Gasteiger partial charge in [0.15, 0.2) is 0 Å². The number of aryl methyl sites for hydroxylation is 2. The molecule has 2 nitrogen and oxygen atoms in total. The van der Waals surface area contributed by atoms with Crippen molar-refractivity contribution in [3.63, 3.8) is 0 Å². The van der Waals surface area contributed by atoms with Gasteiger partial charge in [-0.25, -0.2) is 9.97 Å². The Balaban J connectivity index is 1.73. The Hall–Kier alpha value is -2.19. The lowest BCUT2D eigenvalue weighted by Gasteiger charge is -2.04. The molecule has 1 heterocycles. The van der Waals surface area contributed by atoms with Crippen LogP contribution in [0.25, 0.3) is 11.3 Å². The van der Waals surface area contributed by atoms with E-state index in [1.54, 1.807) is 6.33 Å². The van der Waals surface area contributed by atoms with Crippen LogP contribution in [0.2, 0.25) is 5.02 Å². The lowest BCUT2D eigenvalue weighted by Crippen LogP contribution is -1.96. The van der Waals surface area contributed by atoms with Crippen molar-refractivity contribution in [1.82, 2.24) is 9.97 Å². The minimum absolute atomic E-state index is 0.771. The Morgan fingerprint density at radius 3 is 2.33 bits per heavy atom. The number of hydrogen-bond acceptors (Lipinski definition) is 2. The maximum absolute atomic E-state index is 5.90. The zero-order valence-electron chi connectivity index (χ0n) is 11.5. The summed E-state index contributed by atoms with van der Waals surface area (Å²) in [7, 11) is 0. The fraction of sp³-hybridized carbons (Fsp3) is 0.111. The SMILES string of the molecule is Clc1ccc(CCc2cc(-c3ccccc3)ncn2)cc1. The molecule has 0 aliphatic heterocycles. The molecule has 0 saturated carbocycles. The highest BCUT2D eigenvalue weighted by Gasteiger charge is 2.02. The molecule has 0 radical (unpaired) electrons. The fourth-order valence-electron chi connectivity index (χ4n) is 2.22. The van der Waals surface area contributed by atoms with Crippen molar-refractivity contribution in [1.29, 1.82) is 0 Å². The van der Waals surface area contributed by atoms with Gasteiger partial charge in [-0.05, 0) is 36.6 Å². The predicted octanol–water partition coefficient (Wildman–Crippen LogP) is 4.58. The molecule has 3 rings (SSSR count). The molecule has 0 bridgehead atoms. The number of rotatable bonds is 4. The monoisotopic (exact) mass is 294 g/mol. The van der Waals surface area contributed by atoms with E-state index in [-0.39, 0.29) is 0 Å². The van der Waals surface area contributed by atoms with Crippen LogP contribution in [0.4, 0.5) is 0 Å². The Morgan fingerprint density at radius 2 is 1.57 bits per heavy atom. The first-order valence-electron chi connectivity index (χ1n) is 6.92. The Morgan fingerprint density at radius 1 is 0.810 bits per heavy atom. The van der Waals surface area contributed by atoms with Crippen LogP contribution >= 0.6 is 11.6 Å². The second-order valence-corrected chi connectivity index (χ2v) is 5.32. The molecule has 0 fully saturated rings. The van der Waals surface area contributed by atoms with E-state index in [0.29, 0.717) is 0 Å².